The number of epoxide rings is 2. The molecule has 0 amide bonds. The lowest BCUT2D eigenvalue weighted by Gasteiger charge is -2.17. The van der Waals surface area contributed by atoms with Crippen LogP contribution in [0.2, 0.25) is 0 Å². The molecule has 2 fully saturated rings. The fourth-order valence-corrected chi connectivity index (χ4v) is 1.57. The van der Waals surface area contributed by atoms with Crippen LogP contribution in [0.15, 0.2) is 24.3 Å². The minimum Gasteiger partial charge on any atom is -0.370 e. The molecule has 0 aliphatic carbocycles. The molecule has 15 heavy (non-hydrogen) atoms. The van der Waals surface area contributed by atoms with Crippen molar-refractivity contribution in [2.45, 2.75) is 38.3 Å². The smallest absolute Gasteiger partial charge is 0.111 e. The Labute approximate surface area is 90.7 Å². The van der Waals surface area contributed by atoms with Crippen LogP contribution in [0, 0.1) is 0 Å². The van der Waals surface area contributed by atoms with Gasteiger partial charge in [0.25, 0.3) is 0 Å². The van der Waals surface area contributed by atoms with E-state index in [1.807, 2.05) is 26.0 Å². The number of hydrogen-bond donors (Lipinski definition) is 0. The second-order valence-electron chi connectivity index (χ2n) is 3.86. The summed E-state index contributed by atoms with van der Waals surface area (Å²) in [6, 6.07) is 0. The van der Waals surface area contributed by atoms with E-state index >= 15 is 0 Å². The van der Waals surface area contributed by atoms with Gasteiger partial charge in [-0.15, -0.1) is 0 Å². The van der Waals surface area contributed by atoms with Crippen molar-refractivity contribution in [1.29, 1.82) is 0 Å². The van der Waals surface area contributed by atoms with Gasteiger partial charge in [0.1, 0.15) is 24.4 Å². The summed E-state index contributed by atoms with van der Waals surface area (Å²) in [5.74, 6) is 0. The van der Waals surface area contributed by atoms with Crippen LogP contribution in [-0.4, -0.2) is 37.6 Å². The second-order valence-corrected chi connectivity index (χ2v) is 3.86. The van der Waals surface area contributed by atoms with Gasteiger partial charge in [0.15, 0.2) is 0 Å². The molecule has 2 saturated heterocycles. The highest BCUT2D eigenvalue weighted by atomic mass is 16.6. The SMILES string of the molecule is C/C=C\C(OC(/C=C\C)C1CO1)C1CO1. The predicted octanol–water partition coefficient (Wildman–Crippen LogP) is 1.69. The molecule has 84 valence electrons. The summed E-state index contributed by atoms with van der Waals surface area (Å²) >= 11 is 0. The topological polar surface area (TPSA) is 34.3 Å². The summed E-state index contributed by atoms with van der Waals surface area (Å²) in [5, 5.41) is 0. The van der Waals surface area contributed by atoms with Crippen LogP contribution >= 0.6 is 0 Å². The summed E-state index contributed by atoms with van der Waals surface area (Å²) in [6.45, 7) is 5.61. The summed E-state index contributed by atoms with van der Waals surface area (Å²) < 4.78 is 16.5. The molecule has 2 aliphatic rings. The Balaban J connectivity index is 1.89. The van der Waals surface area contributed by atoms with Crippen molar-refractivity contribution >= 4 is 0 Å². The molecule has 2 heterocycles. The average molecular weight is 210 g/mol. The zero-order chi connectivity index (χ0) is 10.7. The zero-order valence-corrected chi connectivity index (χ0v) is 9.26. The largest absolute Gasteiger partial charge is 0.370 e. The Hall–Kier alpha value is -0.640. The molecule has 2 rings (SSSR count). The van der Waals surface area contributed by atoms with Gasteiger partial charge in [-0.05, 0) is 13.8 Å². The van der Waals surface area contributed by atoms with E-state index in [1.54, 1.807) is 0 Å². The van der Waals surface area contributed by atoms with Crippen LogP contribution < -0.4 is 0 Å². The van der Waals surface area contributed by atoms with Crippen molar-refractivity contribution in [3.05, 3.63) is 24.3 Å². The van der Waals surface area contributed by atoms with E-state index in [4.69, 9.17) is 14.2 Å². The minimum atomic E-state index is 0.0698. The lowest BCUT2D eigenvalue weighted by atomic mass is 10.2. The standard InChI is InChI=1S/C12H18O3/c1-3-5-9(11-7-13-11)15-10(6-4-2)12-8-14-12/h3-6,9-12H,7-8H2,1-2H3/b5-3-,6-4-. The third-order valence-electron chi connectivity index (χ3n) is 2.53. The lowest BCUT2D eigenvalue weighted by molar-refractivity contribution is 0.0114. The lowest BCUT2D eigenvalue weighted by Crippen LogP contribution is -2.27. The average Bonchev–Trinajstić information content (AvgIpc) is 3.05. The Morgan fingerprint density at radius 3 is 1.67 bits per heavy atom. The van der Waals surface area contributed by atoms with Gasteiger partial charge >= 0.3 is 0 Å². The van der Waals surface area contributed by atoms with Crippen molar-refractivity contribution in [1.82, 2.24) is 0 Å². The maximum absolute atomic E-state index is 5.96. The van der Waals surface area contributed by atoms with Crippen molar-refractivity contribution in [3.8, 4) is 0 Å². The number of ether oxygens (including phenoxy) is 3. The van der Waals surface area contributed by atoms with Gasteiger partial charge in [-0.2, -0.15) is 0 Å². The molecular weight excluding hydrogens is 192 g/mol. The Kier molecular flexibility index (Phi) is 3.57. The fourth-order valence-electron chi connectivity index (χ4n) is 1.57. The highest BCUT2D eigenvalue weighted by molar-refractivity contribution is 5.02. The van der Waals surface area contributed by atoms with E-state index in [9.17, 15) is 0 Å². The Morgan fingerprint density at radius 1 is 1.00 bits per heavy atom. The van der Waals surface area contributed by atoms with Gasteiger partial charge in [-0.1, -0.05) is 24.3 Å². The second kappa shape index (κ2) is 4.92. The molecule has 4 unspecified atom stereocenters. The summed E-state index contributed by atoms with van der Waals surface area (Å²) in [4.78, 5) is 0. The van der Waals surface area contributed by atoms with E-state index in [1.165, 1.54) is 0 Å². The molecule has 2 aliphatic heterocycles. The van der Waals surface area contributed by atoms with E-state index in [-0.39, 0.29) is 24.4 Å². The number of rotatable bonds is 6. The first-order chi connectivity index (χ1) is 7.35. The molecule has 3 nitrogen and oxygen atoms in total. The van der Waals surface area contributed by atoms with E-state index in [0.29, 0.717) is 0 Å². The van der Waals surface area contributed by atoms with Gasteiger partial charge in [0.05, 0.1) is 13.2 Å². The summed E-state index contributed by atoms with van der Waals surface area (Å²) in [7, 11) is 0. The van der Waals surface area contributed by atoms with Crippen LogP contribution in [-0.2, 0) is 14.2 Å². The van der Waals surface area contributed by atoms with Gasteiger partial charge in [0, 0.05) is 0 Å². The molecule has 4 atom stereocenters. The molecule has 0 saturated carbocycles. The first-order valence-electron chi connectivity index (χ1n) is 5.49. The van der Waals surface area contributed by atoms with Crippen molar-refractivity contribution < 1.29 is 14.2 Å². The molecule has 0 bridgehead atoms. The van der Waals surface area contributed by atoms with Crippen LogP contribution in [0.1, 0.15) is 13.8 Å². The third kappa shape index (κ3) is 3.16. The van der Waals surface area contributed by atoms with Crippen LogP contribution in [0.4, 0.5) is 0 Å². The third-order valence-corrected chi connectivity index (χ3v) is 2.53. The molecule has 0 spiro atoms. The van der Waals surface area contributed by atoms with Gasteiger partial charge in [-0.25, -0.2) is 0 Å². The first-order valence-corrected chi connectivity index (χ1v) is 5.49. The maximum Gasteiger partial charge on any atom is 0.111 e. The minimum absolute atomic E-state index is 0.0698. The van der Waals surface area contributed by atoms with E-state index in [0.717, 1.165) is 13.2 Å². The van der Waals surface area contributed by atoms with Gasteiger partial charge in [-0.3, -0.25) is 0 Å². The zero-order valence-electron chi connectivity index (χ0n) is 9.26. The monoisotopic (exact) mass is 210 g/mol. The molecular formula is C12H18O3. The Morgan fingerprint density at radius 2 is 1.40 bits per heavy atom. The quantitative estimate of drug-likeness (QED) is 0.494. The van der Waals surface area contributed by atoms with E-state index < -0.39 is 0 Å². The molecule has 3 heteroatoms. The van der Waals surface area contributed by atoms with Gasteiger partial charge in [0.2, 0.25) is 0 Å². The highest BCUT2D eigenvalue weighted by Gasteiger charge is 2.38. The van der Waals surface area contributed by atoms with Crippen LogP contribution in [0.3, 0.4) is 0 Å². The first kappa shape index (κ1) is 10.9. The molecule has 0 aromatic carbocycles. The van der Waals surface area contributed by atoms with E-state index in [2.05, 4.69) is 12.2 Å². The molecule has 0 N–H and O–H groups in total. The summed E-state index contributed by atoms with van der Waals surface area (Å²) in [6.07, 6.45) is 8.74. The Bertz CT molecular complexity index is 226. The van der Waals surface area contributed by atoms with Crippen LogP contribution in [0.5, 0.6) is 0 Å². The molecule has 0 aromatic heterocycles. The van der Waals surface area contributed by atoms with Crippen LogP contribution in [0.25, 0.3) is 0 Å². The summed E-state index contributed by atoms with van der Waals surface area (Å²) in [5.41, 5.74) is 0. The predicted molar refractivity (Wildman–Crippen MR) is 57.8 cm³/mol. The maximum atomic E-state index is 5.96. The van der Waals surface area contributed by atoms with Crippen molar-refractivity contribution in [2.24, 2.45) is 0 Å². The van der Waals surface area contributed by atoms with Crippen molar-refractivity contribution in [2.75, 3.05) is 13.2 Å². The fraction of sp³-hybridized carbons (Fsp3) is 0.667. The molecule has 0 radical (unpaired) electrons. The number of allylic oxidation sites excluding steroid dienone is 2. The van der Waals surface area contributed by atoms with Crippen molar-refractivity contribution in [3.63, 3.8) is 0 Å². The van der Waals surface area contributed by atoms with Gasteiger partial charge < -0.3 is 14.2 Å². The highest BCUT2D eigenvalue weighted by Crippen LogP contribution is 2.25. The molecule has 0 aromatic rings. The number of hydrogen-bond acceptors (Lipinski definition) is 3. The normalized spacial score (nSPS) is 33.5.